The quantitative estimate of drug-likeness (QED) is 0.681. The second-order valence-electron chi connectivity index (χ2n) is 5.38. The zero-order valence-corrected chi connectivity index (χ0v) is 10.00. The minimum absolute atomic E-state index is 0.147. The lowest BCUT2D eigenvalue weighted by molar-refractivity contribution is -0.141. The Bertz CT molecular complexity index is 309. The Balaban J connectivity index is 1.71. The Hall–Kier alpha value is -1.26. The number of carbonyl (C=O) groups is 2. The van der Waals surface area contributed by atoms with E-state index in [0.717, 1.165) is 32.1 Å². The van der Waals surface area contributed by atoms with Crippen LogP contribution in [0.25, 0.3) is 0 Å². The summed E-state index contributed by atoms with van der Waals surface area (Å²) >= 11 is 0. The molecule has 0 aromatic heterocycles. The molecule has 0 heterocycles. The third-order valence-electron chi connectivity index (χ3n) is 4.00. The van der Waals surface area contributed by atoms with E-state index in [9.17, 15) is 9.59 Å². The Morgan fingerprint density at radius 1 is 1.24 bits per heavy atom. The molecule has 0 bridgehead atoms. The van der Waals surface area contributed by atoms with Crippen LogP contribution in [-0.4, -0.2) is 29.7 Å². The minimum Gasteiger partial charge on any atom is -0.481 e. The van der Waals surface area contributed by atoms with Crippen molar-refractivity contribution in [2.75, 3.05) is 6.54 Å². The van der Waals surface area contributed by atoms with Crippen molar-refractivity contribution in [3.63, 3.8) is 0 Å². The monoisotopic (exact) mass is 240 g/mol. The van der Waals surface area contributed by atoms with E-state index < -0.39 is 5.97 Å². The van der Waals surface area contributed by atoms with Gasteiger partial charge in [0.1, 0.15) is 0 Å². The highest BCUT2D eigenvalue weighted by Crippen LogP contribution is 2.43. The fraction of sp³-hybridized carbons (Fsp3) is 0.833. The molecule has 96 valence electrons. The number of hydrogen-bond donors (Lipinski definition) is 3. The molecular formula is C12H20N2O3. The number of carboxylic acids is 1. The van der Waals surface area contributed by atoms with Crippen molar-refractivity contribution in [3.05, 3.63) is 0 Å². The zero-order chi connectivity index (χ0) is 12.3. The third kappa shape index (κ3) is 3.11. The lowest BCUT2D eigenvalue weighted by Crippen LogP contribution is -2.50. The van der Waals surface area contributed by atoms with Crippen molar-refractivity contribution in [1.82, 2.24) is 10.6 Å². The van der Waals surface area contributed by atoms with E-state index in [4.69, 9.17) is 5.11 Å². The minimum atomic E-state index is -0.772. The summed E-state index contributed by atoms with van der Waals surface area (Å²) in [7, 11) is 0. The molecule has 5 nitrogen and oxygen atoms in total. The van der Waals surface area contributed by atoms with Gasteiger partial charge in [-0.1, -0.05) is 6.42 Å². The molecule has 0 atom stereocenters. The van der Waals surface area contributed by atoms with Gasteiger partial charge < -0.3 is 15.7 Å². The maximum absolute atomic E-state index is 11.5. The highest BCUT2D eigenvalue weighted by molar-refractivity contribution is 5.74. The van der Waals surface area contributed by atoms with E-state index in [2.05, 4.69) is 10.6 Å². The van der Waals surface area contributed by atoms with Crippen LogP contribution in [0.2, 0.25) is 0 Å². The number of aliphatic carboxylic acids is 1. The van der Waals surface area contributed by atoms with E-state index in [1.54, 1.807) is 0 Å². The first-order valence-corrected chi connectivity index (χ1v) is 6.36. The molecule has 0 radical (unpaired) electrons. The van der Waals surface area contributed by atoms with Crippen LogP contribution < -0.4 is 10.6 Å². The molecule has 0 saturated heterocycles. The molecule has 2 saturated carbocycles. The largest absolute Gasteiger partial charge is 0.481 e. The second-order valence-corrected chi connectivity index (χ2v) is 5.38. The maximum atomic E-state index is 11.5. The first-order chi connectivity index (χ1) is 8.10. The van der Waals surface area contributed by atoms with Gasteiger partial charge in [0.2, 0.25) is 0 Å². The number of carboxylic acid groups (broad SMARTS) is 1. The summed E-state index contributed by atoms with van der Waals surface area (Å²) in [5, 5.41) is 14.6. The number of rotatable bonds is 5. The van der Waals surface area contributed by atoms with Crippen LogP contribution in [0.5, 0.6) is 0 Å². The SMILES string of the molecule is O=C(O)CC1(CNC(=O)NC2CCC2)CCC1. The van der Waals surface area contributed by atoms with Gasteiger partial charge in [0, 0.05) is 12.6 Å². The smallest absolute Gasteiger partial charge is 0.315 e. The predicted octanol–water partition coefficient (Wildman–Crippen LogP) is 1.48. The summed E-state index contributed by atoms with van der Waals surface area (Å²) in [4.78, 5) is 22.3. The highest BCUT2D eigenvalue weighted by atomic mass is 16.4. The van der Waals surface area contributed by atoms with E-state index in [-0.39, 0.29) is 17.9 Å². The number of hydrogen-bond acceptors (Lipinski definition) is 2. The molecule has 0 spiro atoms. The van der Waals surface area contributed by atoms with Crippen molar-refractivity contribution in [1.29, 1.82) is 0 Å². The van der Waals surface area contributed by atoms with E-state index >= 15 is 0 Å². The molecule has 17 heavy (non-hydrogen) atoms. The summed E-state index contributed by atoms with van der Waals surface area (Å²) in [5.41, 5.74) is -0.192. The van der Waals surface area contributed by atoms with Gasteiger partial charge in [0.25, 0.3) is 0 Å². The topological polar surface area (TPSA) is 78.4 Å². The van der Waals surface area contributed by atoms with Crippen molar-refractivity contribution in [2.24, 2.45) is 5.41 Å². The molecule has 2 aliphatic carbocycles. The van der Waals surface area contributed by atoms with Crippen LogP contribution >= 0.6 is 0 Å². The Kier molecular flexibility index (Phi) is 3.54. The van der Waals surface area contributed by atoms with Gasteiger partial charge >= 0.3 is 12.0 Å². The van der Waals surface area contributed by atoms with Crippen LogP contribution in [0, 0.1) is 5.41 Å². The normalized spacial score (nSPS) is 22.1. The summed E-state index contributed by atoms with van der Waals surface area (Å²) in [6.07, 6.45) is 6.36. The molecular weight excluding hydrogens is 220 g/mol. The van der Waals surface area contributed by atoms with E-state index in [1.165, 1.54) is 6.42 Å². The van der Waals surface area contributed by atoms with Crippen LogP contribution in [0.3, 0.4) is 0 Å². The van der Waals surface area contributed by atoms with Gasteiger partial charge in [-0.2, -0.15) is 0 Å². The lowest BCUT2D eigenvalue weighted by atomic mass is 9.66. The molecule has 2 amide bonds. The summed E-state index contributed by atoms with van der Waals surface area (Å²) in [6, 6.07) is 0.179. The molecule has 3 N–H and O–H groups in total. The first-order valence-electron chi connectivity index (χ1n) is 6.36. The highest BCUT2D eigenvalue weighted by Gasteiger charge is 2.39. The molecule has 0 unspecified atom stereocenters. The summed E-state index contributed by atoms with van der Waals surface area (Å²) in [5.74, 6) is -0.772. The lowest BCUT2D eigenvalue weighted by Gasteiger charge is -2.41. The van der Waals surface area contributed by atoms with Gasteiger partial charge in [-0.25, -0.2) is 4.79 Å². The van der Waals surface area contributed by atoms with Crippen LogP contribution in [0.1, 0.15) is 44.9 Å². The number of amides is 2. The molecule has 0 aromatic rings. The maximum Gasteiger partial charge on any atom is 0.315 e. The Labute approximate surface area is 101 Å². The number of nitrogens with one attached hydrogen (secondary N) is 2. The van der Waals surface area contributed by atoms with Gasteiger partial charge in [0.05, 0.1) is 6.42 Å². The standard InChI is InChI=1S/C12H20N2O3/c15-10(16)7-12(5-2-6-12)8-13-11(17)14-9-3-1-4-9/h9H,1-8H2,(H,15,16)(H2,13,14,17). The molecule has 2 rings (SSSR count). The average Bonchev–Trinajstić information content (AvgIpc) is 2.15. The van der Waals surface area contributed by atoms with Crippen molar-refractivity contribution in [2.45, 2.75) is 51.0 Å². The Morgan fingerprint density at radius 3 is 2.35 bits per heavy atom. The fourth-order valence-electron chi connectivity index (χ4n) is 2.47. The molecule has 2 aliphatic rings. The van der Waals surface area contributed by atoms with Gasteiger partial charge in [0.15, 0.2) is 0 Å². The Morgan fingerprint density at radius 2 is 1.94 bits per heavy atom. The predicted molar refractivity (Wildman–Crippen MR) is 62.7 cm³/mol. The fourth-order valence-corrected chi connectivity index (χ4v) is 2.47. The average molecular weight is 240 g/mol. The molecule has 0 aliphatic heterocycles. The molecule has 2 fully saturated rings. The zero-order valence-electron chi connectivity index (χ0n) is 10.00. The van der Waals surface area contributed by atoms with Crippen molar-refractivity contribution < 1.29 is 14.7 Å². The van der Waals surface area contributed by atoms with E-state index in [1.807, 2.05) is 0 Å². The summed E-state index contributed by atoms with van der Waals surface area (Å²) in [6.45, 7) is 0.484. The van der Waals surface area contributed by atoms with Crippen molar-refractivity contribution >= 4 is 12.0 Å². The molecule has 0 aromatic carbocycles. The molecule has 5 heteroatoms. The van der Waals surface area contributed by atoms with Gasteiger partial charge in [-0.15, -0.1) is 0 Å². The van der Waals surface area contributed by atoms with Crippen LogP contribution in [0.4, 0.5) is 4.79 Å². The number of urea groups is 1. The van der Waals surface area contributed by atoms with E-state index in [0.29, 0.717) is 12.6 Å². The van der Waals surface area contributed by atoms with Crippen molar-refractivity contribution in [3.8, 4) is 0 Å². The second kappa shape index (κ2) is 4.94. The third-order valence-corrected chi connectivity index (χ3v) is 4.00. The number of carbonyl (C=O) groups excluding carboxylic acids is 1. The summed E-state index contributed by atoms with van der Waals surface area (Å²) < 4.78 is 0. The first kappa shape index (κ1) is 12.2. The van der Waals surface area contributed by atoms with Gasteiger partial charge in [-0.3, -0.25) is 4.79 Å². The van der Waals surface area contributed by atoms with Crippen LogP contribution in [-0.2, 0) is 4.79 Å². The van der Waals surface area contributed by atoms with Gasteiger partial charge in [-0.05, 0) is 37.5 Å². The van der Waals surface area contributed by atoms with Crippen LogP contribution in [0.15, 0.2) is 0 Å².